The summed E-state index contributed by atoms with van der Waals surface area (Å²) in [5, 5.41) is 20.5. The Morgan fingerprint density at radius 3 is 2.79 bits per heavy atom. The van der Waals surface area contributed by atoms with Gasteiger partial charge in [0, 0.05) is 31.6 Å². The predicted octanol–water partition coefficient (Wildman–Crippen LogP) is 0.330. The summed E-state index contributed by atoms with van der Waals surface area (Å²) in [5.74, 6) is 0. The van der Waals surface area contributed by atoms with Gasteiger partial charge in [0.2, 0.25) is 0 Å². The van der Waals surface area contributed by atoms with Crippen LogP contribution in [0.2, 0.25) is 0 Å². The van der Waals surface area contributed by atoms with Crippen molar-refractivity contribution in [2.24, 2.45) is 0 Å². The molecule has 0 aliphatic rings. The van der Waals surface area contributed by atoms with Crippen LogP contribution in [0.5, 0.6) is 0 Å². The summed E-state index contributed by atoms with van der Waals surface area (Å²) in [4.78, 5) is 0. The lowest BCUT2D eigenvalue weighted by Gasteiger charge is -2.01. The molecule has 0 fully saturated rings. The van der Waals surface area contributed by atoms with E-state index < -0.39 is 0 Å². The van der Waals surface area contributed by atoms with Gasteiger partial charge >= 0.3 is 0 Å². The zero-order chi connectivity index (χ0) is 13.5. The minimum Gasteiger partial charge on any atom is -0.394 e. The monoisotopic (exact) mass is 265 g/mol. The van der Waals surface area contributed by atoms with Crippen molar-refractivity contribution < 1.29 is 9.84 Å². The number of aliphatic hydroxyl groups excluding tert-OH is 1. The highest BCUT2D eigenvalue weighted by Crippen LogP contribution is 2.07. The maximum atomic E-state index is 8.81. The molecule has 19 heavy (non-hydrogen) atoms. The van der Waals surface area contributed by atoms with E-state index in [0.717, 1.165) is 17.8 Å². The number of hydrogen-bond donors (Lipinski definition) is 2. The molecule has 0 spiro atoms. The first-order valence-electron chi connectivity index (χ1n) is 6.19. The second-order valence-electron chi connectivity index (χ2n) is 4.17. The van der Waals surface area contributed by atoms with Crippen molar-refractivity contribution in [1.29, 1.82) is 0 Å². The van der Waals surface area contributed by atoms with E-state index in [-0.39, 0.29) is 6.61 Å². The van der Waals surface area contributed by atoms with E-state index in [1.807, 2.05) is 17.1 Å². The van der Waals surface area contributed by atoms with Gasteiger partial charge in [0.05, 0.1) is 44.4 Å². The van der Waals surface area contributed by atoms with Crippen LogP contribution >= 0.6 is 0 Å². The molecule has 2 N–H and O–H groups in total. The van der Waals surface area contributed by atoms with Crippen LogP contribution in [0.1, 0.15) is 5.56 Å². The Morgan fingerprint density at radius 1 is 1.21 bits per heavy atom. The molecule has 0 aromatic carbocycles. The molecule has 0 radical (unpaired) electrons. The van der Waals surface area contributed by atoms with Crippen LogP contribution in [0.4, 0.5) is 5.69 Å². The minimum absolute atomic E-state index is 0.0980. The zero-order valence-corrected chi connectivity index (χ0v) is 11.0. The molecular weight excluding hydrogens is 246 g/mol. The van der Waals surface area contributed by atoms with E-state index in [2.05, 4.69) is 15.5 Å². The highest BCUT2D eigenvalue weighted by Gasteiger charge is 2.01. The summed E-state index contributed by atoms with van der Waals surface area (Å²) in [6.07, 6.45) is 7.43. The Labute approximate surface area is 111 Å². The number of nitrogens with one attached hydrogen (secondary N) is 1. The Hall–Kier alpha value is -1.86. The normalized spacial score (nSPS) is 10.8. The third kappa shape index (κ3) is 4.08. The van der Waals surface area contributed by atoms with Gasteiger partial charge in [-0.1, -0.05) is 0 Å². The molecule has 0 unspecified atom stereocenters. The standard InChI is InChI=1S/C12H19N5O2/c1-19-5-3-17-10-12(8-15-17)13-6-11-7-14-16(9-11)2-4-18/h7-10,13,18H,2-6H2,1H3. The average molecular weight is 265 g/mol. The first-order valence-corrected chi connectivity index (χ1v) is 6.19. The lowest BCUT2D eigenvalue weighted by atomic mass is 10.3. The second kappa shape index (κ2) is 6.91. The van der Waals surface area contributed by atoms with Gasteiger partial charge < -0.3 is 15.2 Å². The summed E-state index contributed by atoms with van der Waals surface area (Å²) in [5.41, 5.74) is 2.03. The van der Waals surface area contributed by atoms with Crippen molar-refractivity contribution in [3.63, 3.8) is 0 Å². The van der Waals surface area contributed by atoms with Crippen LogP contribution in [0.15, 0.2) is 24.8 Å². The fraction of sp³-hybridized carbons (Fsp3) is 0.500. The Morgan fingerprint density at radius 2 is 2.00 bits per heavy atom. The number of aromatic nitrogens is 4. The molecule has 0 saturated carbocycles. The number of nitrogens with zero attached hydrogens (tertiary/aromatic N) is 4. The van der Waals surface area contributed by atoms with Gasteiger partial charge in [-0.25, -0.2) is 0 Å². The molecule has 2 rings (SSSR count). The van der Waals surface area contributed by atoms with Crippen molar-refractivity contribution in [2.75, 3.05) is 25.6 Å². The van der Waals surface area contributed by atoms with Crippen molar-refractivity contribution in [3.05, 3.63) is 30.4 Å². The molecule has 2 aromatic rings. The van der Waals surface area contributed by atoms with Crippen molar-refractivity contribution in [1.82, 2.24) is 19.6 Å². The van der Waals surface area contributed by atoms with Gasteiger partial charge in [0.15, 0.2) is 0 Å². The molecule has 0 amide bonds. The maximum absolute atomic E-state index is 8.81. The van der Waals surface area contributed by atoms with Gasteiger partial charge in [0.1, 0.15) is 0 Å². The molecule has 7 nitrogen and oxygen atoms in total. The van der Waals surface area contributed by atoms with Crippen LogP contribution in [-0.2, 0) is 24.4 Å². The Bertz CT molecular complexity index is 494. The molecule has 0 aliphatic heterocycles. The van der Waals surface area contributed by atoms with E-state index in [9.17, 15) is 0 Å². The van der Waals surface area contributed by atoms with E-state index in [0.29, 0.717) is 19.7 Å². The first-order chi connectivity index (χ1) is 9.31. The van der Waals surface area contributed by atoms with Gasteiger partial charge in [-0.2, -0.15) is 10.2 Å². The SMILES string of the molecule is COCCn1cc(NCc2cnn(CCO)c2)cn1. The lowest BCUT2D eigenvalue weighted by molar-refractivity contribution is 0.183. The molecule has 2 aromatic heterocycles. The van der Waals surface area contributed by atoms with Crippen LogP contribution in [0, 0.1) is 0 Å². The zero-order valence-electron chi connectivity index (χ0n) is 11.0. The number of aliphatic hydroxyl groups is 1. The third-order valence-corrected chi connectivity index (χ3v) is 2.67. The molecule has 0 saturated heterocycles. The topological polar surface area (TPSA) is 77.1 Å². The number of hydrogen-bond acceptors (Lipinski definition) is 5. The van der Waals surface area contributed by atoms with Gasteiger partial charge in [0.25, 0.3) is 0 Å². The summed E-state index contributed by atoms with van der Waals surface area (Å²) in [7, 11) is 1.67. The first kappa shape index (κ1) is 13.6. The van der Waals surface area contributed by atoms with Crippen LogP contribution < -0.4 is 5.32 Å². The minimum atomic E-state index is 0.0980. The molecule has 0 bridgehead atoms. The number of rotatable bonds is 8. The lowest BCUT2D eigenvalue weighted by Crippen LogP contribution is -2.04. The largest absolute Gasteiger partial charge is 0.394 e. The fourth-order valence-electron chi connectivity index (χ4n) is 1.69. The number of methoxy groups -OCH3 is 1. The quantitative estimate of drug-likeness (QED) is 0.719. The number of ether oxygens (including phenoxy) is 1. The second-order valence-corrected chi connectivity index (χ2v) is 4.17. The molecule has 0 atom stereocenters. The van der Waals surface area contributed by atoms with Crippen LogP contribution in [0.25, 0.3) is 0 Å². The van der Waals surface area contributed by atoms with Crippen molar-refractivity contribution in [3.8, 4) is 0 Å². The van der Waals surface area contributed by atoms with E-state index in [1.165, 1.54) is 0 Å². The van der Waals surface area contributed by atoms with Crippen molar-refractivity contribution >= 4 is 5.69 Å². The highest BCUT2D eigenvalue weighted by molar-refractivity contribution is 5.38. The predicted molar refractivity (Wildman–Crippen MR) is 70.7 cm³/mol. The maximum Gasteiger partial charge on any atom is 0.0729 e. The van der Waals surface area contributed by atoms with Gasteiger partial charge in [-0.3, -0.25) is 9.36 Å². The van der Waals surface area contributed by atoms with Crippen LogP contribution in [0.3, 0.4) is 0 Å². The number of anilines is 1. The highest BCUT2D eigenvalue weighted by atomic mass is 16.5. The van der Waals surface area contributed by atoms with E-state index in [4.69, 9.17) is 9.84 Å². The average Bonchev–Trinajstić information content (AvgIpc) is 3.03. The van der Waals surface area contributed by atoms with Crippen LogP contribution in [-0.4, -0.2) is 45.0 Å². The Balaban J connectivity index is 1.82. The van der Waals surface area contributed by atoms with Gasteiger partial charge in [-0.15, -0.1) is 0 Å². The molecule has 104 valence electrons. The van der Waals surface area contributed by atoms with E-state index in [1.54, 1.807) is 24.2 Å². The summed E-state index contributed by atoms with van der Waals surface area (Å²) in [6, 6.07) is 0. The summed E-state index contributed by atoms with van der Waals surface area (Å²) >= 11 is 0. The van der Waals surface area contributed by atoms with Gasteiger partial charge in [-0.05, 0) is 0 Å². The molecular formula is C12H19N5O2. The van der Waals surface area contributed by atoms with Crippen molar-refractivity contribution in [2.45, 2.75) is 19.6 Å². The summed E-state index contributed by atoms with van der Waals surface area (Å²) in [6.45, 7) is 2.69. The smallest absolute Gasteiger partial charge is 0.0729 e. The molecule has 0 aliphatic carbocycles. The third-order valence-electron chi connectivity index (χ3n) is 2.67. The fourth-order valence-corrected chi connectivity index (χ4v) is 1.69. The van der Waals surface area contributed by atoms with E-state index >= 15 is 0 Å². The summed E-state index contributed by atoms with van der Waals surface area (Å²) < 4.78 is 8.55. The Kier molecular flexibility index (Phi) is 4.93. The molecule has 2 heterocycles. The molecule has 7 heteroatoms.